The Hall–Kier alpha value is -2.01. The van der Waals surface area contributed by atoms with Crippen molar-refractivity contribution in [3.8, 4) is 0 Å². The number of anilines is 1. The van der Waals surface area contributed by atoms with Crippen molar-refractivity contribution in [1.82, 2.24) is 10.5 Å². The molecule has 6 heteroatoms. The lowest BCUT2D eigenvalue weighted by molar-refractivity contribution is 0.0955. The minimum Gasteiger partial charge on any atom is -0.398 e. The average molecular weight is 296 g/mol. The lowest BCUT2D eigenvalue weighted by Crippen LogP contribution is -2.26. The summed E-state index contributed by atoms with van der Waals surface area (Å²) >= 11 is 0. The number of aromatic nitrogens is 1. The number of benzene rings is 1. The Morgan fingerprint density at radius 2 is 2.05 bits per heavy atom. The zero-order chi connectivity index (χ0) is 13.8. The summed E-state index contributed by atoms with van der Waals surface area (Å²) in [5.74, 6) is 0.635. The number of nitrogens with one attached hydrogen (secondary N) is 1. The molecule has 0 bridgehead atoms. The summed E-state index contributed by atoms with van der Waals surface area (Å²) in [5, 5.41) is 6.72. The van der Waals surface area contributed by atoms with Gasteiger partial charge in [0.2, 0.25) is 0 Å². The molecule has 0 unspecified atom stereocenters. The second-order valence-electron chi connectivity index (χ2n) is 4.40. The first-order chi connectivity index (χ1) is 9.09. The molecule has 0 spiro atoms. The summed E-state index contributed by atoms with van der Waals surface area (Å²) in [5.41, 5.74) is 8.64. The number of halogens is 1. The van der Waals surface area contributed by atoms with Gasteiger partial charge in [0, 0.05) is 17.8 Å². The normalized spacial score (nSPS) is 9.90. The van der Waals surface area contributed by atoms with Crippen molar-refractivity contribution >= 4 is 24.0 Å². The van der Waals surface area contributed by atoms with Crippen molar-refractivity contribution in [3.05, 3.63) is 46.8 Å². The van der Waals surface area contributed by atoms with E-state index < -0.39 is 0 Å². The molecule has 108 valence electrons. The highest BCUT2D eigenvalue weighted by atomic mass is 35.5. The molecular formula is C14H18ClN3O2. The summed E-state index contributed by atoms with van der Waals surface area (Å²) in [6.45, 7) is 4.28. The van der Waals surface area contributed by atoms with Crippen LogP contribution in [0.4, 0.5) is 5.69 Å². The fourth-order valence-electron chi connectivity index (χ4n) is 1.96. The second-order valence-corrected chi connectivity index (χ2v) is 4.40. The molecule has 1 aromatic carbocycles. The van der Waals surface area contributed by atoms with E-state index in [1.54, 1.807) is 24.3 Å². The van der Waals surface area contributed by atoms with E-state index in [1.807, 2.05) is 13.8 Å². The SMILES string of the molecule is Cc1noc(C)c1CCNC(=O)c1ccccc1N.Cl. The third kappa shape index (κ3) is 3.51. The van der Waals surface area contributed by atoms with Crippen molar-refractivity contribution in [2.24, 2.45) is 0 Å². The molecule has 0 saturated carbocycles. The Bertz CT molecular complexity index is 576. The van der Waals surface area contributed by atoms with Crippen molar-refractivity contribution < 1.29 is 9.32 Å². The fraction of sp³-hybridized carbons (Fsp3) is 0.286. The Morgan fingerprint density at radius 1 is 1.35 bits per heavy atom. The van der Waals surface area contributed by atoms with Crippen molar-refractivity contribution in [3.63, 3.8) is 0 Å². The first-order valence-corrected chi connectivity index (χ1v) is 6.14. The van der Waals surface area contributed by atoms with Gasteiger partial charge < -0.3 is 15.6 Å². The monoisotopic (exact) mass is 295 g/mol. The summed E-state index contributed by atoms with van der Waals surface area (Å²) in [6.07, 6.45) is 0.694. The maximum atomic E-state index is 11.9. The van der Waals surface area contributed by atoms with Crippen molar-refractivity contribution in [2.75, 3.05) is 12.3 Å². The molecule has 2 aromatic rings. The van der Waals surface area contributed by atoms with Crippen LogP contribution in [-0.2, 0) is 6.42 Å². The standard InChI is InChI=1S/C14H17N3O2.ClH/c1-9-11(10(2)19-17-9)7-8-16-14(18)12-5-3-4-6-13(12)15;/h3-6H,7-8,15H2,1-2H3,(H,16,18);1H. The second kappa shape index (κ2) is 6.96. The maximum absolute atomic E-state index is 11.9. The summed E-state index contributed by atoms with van der Waals surface area (Å²) in [4.78, 5) is 11.9. The largest absolute Gasteiger partial charge is 0.398 e. The van der Waals surface area contributed by atoms with E-state index in [1.165, 1.54) is 0 Å². The number of carbonyl (C=O) groups is 1. The molecule has 0 aliphatic carbocycles. The third-order valence-electron chi connectivity index (χ3n) is 3.05. The van der Waals surface area contributed by atoms with Crippen LogP contribution >= 0.6 is 12.4 Å². The van der Waals surface area contributed by atoms with E-state index in [0.29, 0.717) is 24.2 Å². The van der Waals surface area contributed by atoms with Gasteiger partial charge in [-0.1, -0.05) is 17.3 Å². The molecule has 0 atom stereocenters. The van der Waals surface area contributed by atoms with E-state index in [9.17, 15) is 4.79 Å². The molecule has 3 N–H and O–H groups in total. The Balaban J connectivity index is 0.00000200. The number of rotatable bonds is 4. The molecule has 0 saturated heterocycles. The van der Waals surface area contributed by atoms with E-state index in [0.717, 1.165) is 17.0 Å². The lowest BCUT2D eigenvalue weighted by atomic mass is 10.1. The first-order valence-electron chi connectivity index (χ1n) is 6.14. The third-order valence-corrected chi connectivity index (χ3v) is 3.05. The van der Waals surface area contributed by atoms with Crippen LogP contribution in [0.1, 0.15) is 27.4 Å². The number of hydrogen-bond acceptors (Lipinski definition) is 4. The molecule has 20 heavy (non-hydrogen) atoms. The minimum atomic E-state index is -0.162. The molecule has 0 radical (unpaired) electrons. The molecule has 0 fully saturated rings. The molecule has 0 aliphatic rings. The van der Waals surface area contributed by atoms with Crippen molar-refractivity contribution in [1.29, 1.82) is 0 Å². The highest BCUT2D eigenvalue weighted by Crippen LogP contribution is 2.13. The van der Waals surface area contributed by atoms with E-state index >= 15 is 0 Å². The number of aryl methyl sites for hydroxylation is 2. The number of nitrogens with two attached hydrogens (primary N) is 1. The van der Waals surface area contributed by atoms with Crippen LogP contribution in [0.5, 0.6) is 0 Å². The van der Waals surface area contributed by atoms with E-state index in [-0.39, 0.29) is 18.3 Å². The first kappa shape index (κ1) is 16.0. The van der Waals surface area contributed by atoms with Gasteiger partial charge in [-0.05, 0) is 32.4 Å². The number of para-hydroxylation sites is 1. The van der Waals surface area contributed by atoms with Gasteiger partial charge in [-0.25, -0.2) is 0 Å². The average Bonchev–Trinajstić information content (AvgIpc) is 2.70. The lowest BCUT2D eigenvalue weighted by Gasteiger charge is -2.07. The van der Waals surface area contributed by atoms with E-state index in [4.69, 9.17) is 10.3 Å². The Labute approximate surface area is 123 Å². The molecule has 2 rings (SSSR count). The number of carbonyl (C=O) groups excluding carboxylic acids is 1. The van der Waals surface area contributed by atoms with Gasteiger partial charge in [-0.3, -0.25) is 4.79 Å². The van der Waals surface area contributed by atoms with Crippen LogP contribution in [0.25, 0.3) is 0 Å². The summed E-state index contributed by atoms with van der Waals surface area (Å²) < 4.78 is 5.07. The van der Waals surface area contributed by atoms with Gasteiger partial charge in [0.15, 0.2) is 0 Å². The number of amides is 1. The topological polar surface area (TPSA) is 81.2 Å². The van der Waals surface area contributed by atoms with Crippen LogP contribution in [0.2, 0.25) is 0 Å². The molecule has 1 amide bonds. The quantitative estimate of drug-likeness (QED) is 0.848. The summed E-state index contributed by atoms with van der Waals surface area (Å²) in [6, 6.07) is 7.01. The highest BCUT2D eigenvalue weighted by molar-refractivity contribution is 5.99. The molecular weight excluding hydrogens is 278 g/mol. The smallest absolute Gasteiger partial charge is 0.253 e. The van der Waals surface area contributed by atoms with Gasteiger partial charge >= 0.3 is 0 Å². The van der Waals surface area contributed by atoms with E-state index in [2.05, 4.69) is 10.5 Å². The summed E-state index contributed by atoms with van der Waals surface area (Å²) in [7, 11) is 0. The van der Waals surface area contributed by atoms with Crippen LogP contribution < -0.4 is 11.1 Å². The Kier molecular flexibility index (Phi) is 5.58. The van der Waals surface area contributed by atoms with Crippen LogP contribution in [0.3, 0.4) is 0 Å². The maximum Gasteiger partial charge on any atom is 0.253 e. The highest BCUT2D eigenvalue weighted by Gasteiger charge is 2.11. The van der Waals surface area contributed by atoms with Gasteiger partial charge in [-0.2, -0.15) is 0 Å². The van der Waals surface area contributed by atoms with Gasteiger partial charge in [-0.15, -0.1) is 12.4 Å². The fourth-order valence-corrected chi connectivity index (χ4v) is 1.96. The molecule has 0 aliphatic heterocycles. The van der Waals surface area contributed by atoms with Crippen LogP contribution in [0, 0.1) is 13.8 Å². The zero-order valence-electron chi connectivity index (χ0n) is 11.5. The van der Waals surface area contributed by atoms with Gasteiger partial charge in [0.1, 0.15) is 5.76 Å². The van der Waals surface area contributed by atoms with Crippen LogP contribution in [-0.4, -0.2) is 17.6 Å². The number of hydrogen-bond donors (Lipinski definition) is 2. The molecule has 1 aromatic heterocycles. The van der Waals surface area contributed by atoms with Crippen molar-refractivity contribution in [2.45, 2.75) is 20.3 Å². The molecule has 5 nitrogen and oxygen atoms in total. The number of nitrogen functional groups attached to an aromatic ring is 1. The van der Waals surface area contributed by atoms with Crippen LogP contribution in [0.15, 0.2) is 28.8 Å². The predicted molar refractivity (Wildman–Crippen MR) is 80.1 cm³/mol. The zero-order valence-corrected chi connectivity index (χ0v) is 12.3. The minimum absolute atomic E-state index is 0. The Morgan fingerprint density at radius 3 is 2.65 bits per heavy atom. The molecule has 1 heterocycles. The predicted octanol–water partition coefficient (Wildman–Crippen LogP) is 2.27. The van der Waals surface area contributed by atoms with Gasteiger partial charge in [0.05, 0.1) is 11.3 Å². The number of nitrogens with zero attached hydrogens (tertiary/aromatic N) is 1. The van der Waals surface area contributed by atoms with Gasteiger partial charge in [0.25, 0.3) is 5.91 Å².